The number of benzene rings is 2. The van der Waals surface area contributed by atoms with Crippen molar-refractivity contribution in [3.63, 3.8) is 0 Å². The van der Waals surface area contributed by atoms with Gasteiger partial charge in [-0.05, 0) is 68.6 Å². The van der Waals surface area contributed by atoms with Crippen molar-refractivity contribution < 1.29 is 13.2 Å². The zero-order valence-corrected chi connectivity index (χ0v) is 15.1. The van der Waals surface area contributed by atoms with E-state index >= 15 is 0 Å². The molecular formula is C18H18N4O3S. The Morgan fingerprint density at radius 1 is 1.00 bits per heavy atom. The number of aryl methyl sites for hydroxylation is 1. The fraction of sp³-hybridized carbons (Fsp3) is 0.111. The molecule has 3 rings (SSSR count). The molecule has 0 bridgehead atoms. The molecule has 0 fully saturated rings. The standard InChI is InChI=1S/C18H18N4O3S/c1-13-11-12-20-22(13)16-7-3-14(4-8-16)18(23)21-15-5-9-17(10-6-15)26(24,25)19-2/h3-12,19H,1-2H3,(H,21,23). The van der Waals surface area contributed by atoms with Crippen molar-refractivity contribution in [2.75, 3.05) is 12.4 Å². The molecule has 2 aromatic carbocycles. The summed E-state index contributed by atoms with van der Waals surface area (Å²) in [7, 11) is -2.15. The molecule has 26 heavy (non-hydrogen) atoms. The van der Waals surface area contributed by atoms with E-state index in [1.54, 1.807) is 35.1 Å². The van der Waals surface area contributed by atoms with Crippen LogP contribution in [0, 0.1) is 6.92 Å². The zero-order chi connectivity index (χ0) is 18.7. The number of anilines is 1. The van der Waals surface area contributed by atoms with E-state index in [2.05, 4.69) is 15.1 Å². The van der Waals surface area contributed by atoms with E-state index in [1.165, 1.54) is 19.2 Å². The normalized spacial score (nSPS) is 11.3. The Hall–Kier alpha value is -2.97. The van der Waals surface area contributed by atoms with Gasteiger partial charge in [-0.25, -0.2) is 17.8 Å². The van der Waals surface area contributed by atoms with Crippen molar-refractivity contribution in [1.82, 2.24) is 14.5 Å². The lowest BCUT2D eigenvalue weighted by atomic mass is 10.2. The molecule has 0 aliphatic rings. The van der Waals surface area contributed by atoms with Gasteiger partial charge in [-0.2, -0.15) is 5.10 Å². The largest absolute Gasteiger partial charge is 0.322 e. The van der Waals surface area contributed by atoms with Crippen molar-refractivity contribution in [3.05, 3.63) is 72.1 Å². The molecule has 7 nitrogen and oxygen atoms in total. The lowest BCUT2D eigenvalue weighted by molar-refractivity contribution is 0.102. The average Bonchev–Trinajstić information content (AvgIpc) is 3.08. The van der Waals surface area contributed by atoms with Gasteiger partial charge in [-0.3, -0.25) is 4.79 Å². The molecule has 8 heteroatoms. The van der Waals surface area contributed by atoms with Gasteiger partial charge < -0.3 is 5.32 Å². The van der Waals surface area contributed by atoms with Gasteiger partial charge in [0.05, 0.1) is 10.6 Å². The van der Waals surface area contributed by atoms with Gasteiger partial charge in [-0.15, -0.1) is 0 Å². The van der Waals surface area contributed by atoms with Crippen molar-refractivity contribution in [2.24, 2.45) is 0 Å². The number of nitrogens with one attached hydrogen (secondary N) is 2. The molecular weight excluding hydrogens is 352 g/mol. The first-order chi connectivity index (χ1) is 12.4. The molecule has 1 heterocycles. The molecule has 0 atom stereocenters. The van der Waals surface area contributed by atoms with Crippen LogP contribution in [0.15, 0.2) is 65.7 Å². The van der Waals surface area contributed by atoms with Crippen LogP contribution in [0.4, 0.5) is 5.69 Å². The third kappa shape index (κ3) is 3.66. The second-order valence-corrected chi connectivity index (χ2v) is 7.50. The van der Waals surface area contributed by atoms with Crippen LogP contribution in [-0.2, 0) is 10.0 Å². The number of aromatic nitrogens is 2. The number of rotatable bonds is 5. The molecule has 0 unspecified atom stereocenters. The van der Waals surface area contributed by atoms with Crippen LogP contribution in [0.5, 0.6) is 0 Å². The van der Waals surface area contributed by atoms with Gasteiger partial charge in [0.2, 0.25) is 10.0 Å². The number of nitrogens with zero attached hydrogens (tertiary/aromatic N) is 2. The molecule has 0 saturated carbocycles. The average molecular weight is 370 g/mol. The van der Waals surface area contributed by atoms with Crippen molar-refractivity contribution in [2.45, 2.75) is 11.8 Å². The van der Waals surface area contributed by atoms with Crippen LogP contribution in [0.1, 0.15) is 16.1 Å². The molecule has 3 aromatic rings. The number of carbonyl (C=O) groups is 1. The fourth-order valence-corrected chi connectivity index (χ4v) is 3.16. The maximum Gasteiger partial charge on any atom is 0.255 e. The van der Waals surface area contributed by atoms with Crippen molar-refractivity contribution in [1.29, 1.82) is 0 Å². The van der Waals surface area contributed by atoms with Gasteiger partial charge >= 0.3 is 0 Å². The highest BCUT2D eigenvalue weighted by atomic mass is 32.2. The molecule has 1 amide bonds. The van der Waals surface area contributed by atoms with Crippen LogP contribution in [0.25, 0.3) is 5.69 Å². The third-order valence-electron chi connectivity index (χ3n) is 3.90. The van der Waals surface area contributed by atoms with E-state index in [1.807, 2.05) is 25.1 Å². The second-order valence-electron chi connectivity index (χ2n) is 5.62. The maximum absolute atomic E-state index is 12.4. The van der Waals surface area contributed by atoms with Gasteiger partial charge in [0.25, 0.3) is 5.91 Å². The minimum absolute atomic E-state index is 0.136. The SMILES string of the molecule is CNS(=O)(=O)c1ccc(NC(=O)c2ccc(-n3nccc3C)cc2)cc1. The van der Waals surface area contributed by atoms with Crippen LogP contribution in [-0.4, -0.2) is 31.2 Å². The van der Waals surface area contributed by atoms with E-state index in [4.69, 9.17) is 0 Å². The van der Waals surface area contributed by atoms with Crippen LogP contribution in [0.2, 0.25) is 0 Å². The Bertz CT molecular complexity index is 1020. The summed E-state index contributed by atoms with van der Waals surface area (Å²) in [4.78, 5) is 12.5. The molecule has 0 aliphatic heterocycles. The maximum atomic E-state index is 12.4. The number of hydrogen-bond acceptors (Lipinski definition) is 4. The topological polar surface area (TPSA) is 93.1 Å². The van der Waals surface area contributed by atoms with E-state index in [-0.39, 0.29) is 10.8 Å². The Balaban J connectivity index is 1.73. The summed E-state index contributed by atoms with van der Waals surface area (Å²) in [5.74, 6) is -0.280. The molecule has 0 aliphatic carbocycles. The highest BCUT2D eigenvalue weighted by molar-refractivity contribution is 7.89. The lowest BCUT2D eigenvalue weighted by Gasteiger charge is -2.08. The van der Waals surface area contributed by atoms with E-state index < -0.39 is 10.0 Å². The Morgan fingerprint density at radius 2 is 1.65 bits per heavy atom. The predicted molar refractivity (Wildman–Crippen MR) is 98.9 cm³/mol. The summed E-state index contributed by atoms with van der Waals surface area (Å²) in [5, 5.41) is 6.97. The molecule has 0 saturated heterocycles. The number of carbonyl (C=O) groups excluding carboxylic acids is 1. The summed E-state index contributed by atoms with van der Waals surface area (Å²) in [6, 6.07) is 14.9. The third-order valence-corrected chi connectivity index (χ3v) is 5.33. The van der Waals surface area contributed by atoms with E-state index in [0.717, 1.165) is 11.4 Å². The molecule has 1 aromatic heterocycles. The van der Waals surface area contributed by atoms with Crippen molar-refractivity contribution >= 4 is 21.6 Å². The quantitative estimate of drug-likeness (QED) is 0.721. The Morgan fingerprint density at radius 3 is 2.19 bits per heavy atom. The fourth-order valence-electron chi connectivity index (χ4n) is 2.43. The summed E-state index contributed by atoms with van der Waals surface area (Å²) in [6.45, 7) is 1.95. The second kappa shape index (κ2) is 7.11. The summed E-state index contributed by atoms with van der Waals surface area (Å²) < 4.78 is 27.4. The zero-order valence-electron chi connectivity index (χ0n) is 14.3. The Kier molecular flexibility index (Phi) is 4.88. The van der Waals surface area contributed by atoms with Gasteiger partial charge in [-0.1, -0.05) is 0 Å². The van der Waals surface area contributed by atoms with E-state index in [0.29, 0.717) is 11.3 Å². The van der Waals surface area contributed by atoms with E-state index in [9.17, 15) is 13.2 Å². The monoisotopic (exact) mass is 370 g/mol. The summed E-state index contributed by atoms with van der Waals surface area (Å²) >= 11 is 0. The van der Waals surface area contributed by atoms with Gasteiger partial charge in [0.1, 0.15) is 0 Å². The first-order valence-electron chi connectivity index (χ1n) is 7.87. The van der Waals surface area contributed by atoms with Crippen LogP contribution >= 0.6 is 0 Å². The number of sulfonamides is 1. The molecule has 134 valence electrons. The smallest absolute Gasteiger partial charge is 0.255 e. The van der Waals surface area contributed by atoms with Gasteiger partial charge in [0, 0.05) is 23.1 Å². The van der Waals surface area contributed by atoms with Crippen molar-refractivity contribution in [3.8, 4) is 5.69 Å². The number of amides is 1. The minimum atomic E-state index is -3.50. The summed E-state index contributed by atoms with van der Waals surface area (Å²) in [5.41, 5.74) is 2.87. The molecule has 0 spiro atoms. The first-order valence-corrected chi connectivity index (χ1v) is 9.35. The predicted octanol–water partition coefficient (Wildman–Crippen LogP) is 2.34. The molecule has 0 radical (unpaired) electrons. The van der Waals surface area contributed by atoms with Crippen LogP contribution < -0.4 is 10.0 Å². The highest BCUT2D eigenvalue weighted by Gasteiger charge is 2.12. The number of hydrogen-bond donors (Lipinski definition) is 2. The first kappa shape index (κ1) is 17.8. The minimum Gasteiger partial charge on any atom is -0.322 e. The van der Waals surface area contributed by atoms with Crippen LogP contribution in [0.3, 0.4) is 0 Å². The summed E-state index contributed by atoms with van der Waals surface area (Å²) in [6.07, 6.45) is 1.72. The highest BCUT2D eigenvalue weighted by Crippen LogP contribution is 2.16. The lowest BCUT2D eigenvalue weighted by Crippen LogP contribution is -2.18. The molecule has 2 N–H and O–H groups in total. The Labute approximate surface area is 151 Å². The van der Waals surface area contributed by atoms with Gasteiger partial charge in [0.15, 0.2) is 0 Å².